The van der Waals surface area contributed by atoms with Gasteiger partial charge in [-0.1, -0.05) is 19.1 Å². The van der Waals surface area contributed by atoms with Gasteiger partial charge < -0.3 is 9.67 Å². The minimum absolute atomic E-state index is 0.0836. The van der Waals surface area contributed by atoms with Gasteiger partial charge in [-0.15, -0.1) is 0 Å². The summed E-state index contributed by atoms with van der Waals surface area (Å²) in [6.45, 7) is 2.58. The van der Waals surface area contributed by atoms with Gasteiger partial charge in [-0.05, 0) is 31.4 Å². The summed E-state index contributed by atoms with van der Waals surface area (Å²) in [6.07, 6.45) is 3.36. The van der Waals surface area contributed by atoms with Crippen LogP contribution in [-0.2, 0) is 6.54 Å². The quantitative estimate of drug-likeness (QED) is 0.877. The molecule has 2 rings (SSSR count). The molecule has 1 atom stereocenters. The van der Waals surface area contributed by atoms with E-state index in [-0.39, 0.29) is 11.7 Å². The van der Waals surface area contributed by atoms with E-state index in [1.165, 1.54) is 6.20 Å². The molecule has 4 nitrogen and oxygen atoms in total. The van der Waals surface area contributed by atoms with Crippen molar-refractivity contribution in [3.63, 3.8) is 0 Å². The summed E-state index contributed by atoms with van der Waals surface area (Å²) in [5, 5.41) is 9.52. The molecule has 1 unspecified atom stereocenters. The fraction of sp³-hybridized carbons (Fsp3) is 0.429. The molecule has 0 radical (unpaired) electrons. The minimum Gasteiger partial charge on any atom is -0.393 e. The Balaban J connectivity index is 2.21. The van der Waals surface area contributed by atoms with Gasteiger partial charge >= 0.3 is 0 Å². The lowest BCUT2D eigenvalue weighted by Gasteiger charge is -2.11. The Morgan fingerprint density at radius 1 is 1.39 bits per heavy atom. The molecule has 0 bridgehead atoms. The molecule has 0 aliphatic carbocycles. The van der Waals surface area contributed by atoms with Crippen LogP contribution in [0.2, 0.25) is 0 Å². The number of aromatic nitrogens is 2. The lowest BCUT2D eigenvalue weighted by molar-refractivity contribution is 0.156. The van der Waals surface area contributed by atoms with Crippen LogP contribution in [0.3, 0.4) is 0 Å². The zero-order valence-corrected chi connectivity index (χ0v) is 10.5. The number of aliphatic hydroxyl groups is 1. The maximum Gasteiger partial charge on any atom is 0.269 e. The number of fused-ring (bicyclic) bond motifs is 1. The fourth-order valence-electron chi connectivity index (χ4n) is 2.03. The van der Waals surface area contributed by atoms with Crippen molar-refractivity contribution in [2.45, 2.75) is 38.8 Å². The number of hydrogen-bond donors (Lipinski definition) is 1. The standard InChI is InChI=1S/C14H18N2O2/c1-2-11(17)6-5-9-16-13-8-4-3-7-12(13)15-10-14(16)18/h3-4,7-8,10-11,17H,2,5-6,9H2,1H3. The van der Waals surface area contributed by atoms with Gasteiger partial charge in [0.25, 0.3) is 5.56 Å². The molecular weight excluding hydrogens is 228 g/mol. The van der Waals surface area contributed by atoms with Crippen LogP contribution >= 0.6 is 0 Å². The molecule has 0 spiro atoms. The van der Waals surface area contributed by atoms with Crippen molar-refractivity contribution in [2.75, 3.05) is 0 Å². The predicted octanol–water partition coefficient (Wildman–Crippen LogP) is 1.95. The van der Waals surface area contributed by atoms with Gasteiger partial charge in [-0.25, -0.2) is 4.98 Å². The fourth-order valence-corrected chi connectivity index (χ4v) is 2.03. The summed E-state index contributed by atoms with van der Waals surface area (Å²) in [5.74, 6) is 0. The van der Waals surface area contributed by atoms with Crippen LogP contribution < -0.4 is 5.56 Å². The second kappa shape index (κ2) is 5.78. The highest BCUT2D eigenvalue weighted by Crippen LogP contribution is 2.10. The largest absolute Gasteiger partial charge is 0.393 e. The van der Waals surface area contributed by atoms with Gasteiger partial charge in [0, 0.05) is 6.54 Å². The van der Waals surface area contributed by atoms with Crippen LogP contribution in [0.5, 0.6) is 0 Å². The average molecular weight is 246 g/mol. The van der Waals surface area contributed by atoms with Crippen molar-refractivity contribution in [2.24, 2.45) is 0 Å². The van der Waals surface area contributed by atoms with E-state index < -0.39 is 0 Å². The SMILES string of the molecule is CCC(O)CCCn1c(=O)cnc2ccccc21. The highest BCUT2D eigenvalue weighted by molar-refractivity contribution is 5.74. The topological polar surface area (TPSA) is 55.1 Å². The highest BCUT2D eigenvalue weighted by Gasteiger charge is 2.05. The Morgan fingerprint density at radius 3 is 2.94 bits per heavy atom. The molecule has 0 saturated heterocycles. The van der Waals surface area contributed by atoms with E-state index in [9.17, 15) is 9.90 Å². The van der Waals surface area contributed by atoms with Gasteiger partial charge in [0.1, 0.15) is 0 Å². The summed E-state index contributed by atoms with van der Waals surface area (Å²) < 4.78 is 1.73. The Morgan fingerprint density at radius 2 is 2.17 bits per heavy atom. The zero-order valence-electron chi connectivity index (χ0n) is 10.5. The lowest BCUT2D eigenvalue weighted by atomic mass is 10.1. The summed E-state index contributed by atoms with van der Waals surface area (Å²) in [4.78, 5) is 15.9. The molecule has 18 heavy (non-hydrogen) atoms. The van der Waals surface area contributed by atoms with Crippen LogP contribution in [0.1, 0.15) is 26.2 Å². The third kappa shape index (κ3) is 2.76. The number of aryl methyl sites for hydroxylation is 1. The third-order valence-corrected chi connectivity index (χ3v) is 3.14. The maximum absolute atomic E-state index is 11.8. The second-order valence-electron chi connectivity index (χ2n) is 4.44. The second-order valence-corrected chi connectivity index (χ2v) is 4.44. The number of aliphatic hydroxyl groups excluding tert-OH is 1. The molecule has 1 N–H and O–H groups in total. The van der Waals surface area contributed by atoms with Crippen LogP contribution in [0, 0.1) is 0 Å². The Kier molecular flexibility index (Phi) is 4.10. The third-order valence-electron chi connectivity index (χ3n) is 3.14. The zero-order chi connectivity index (χ0) is 13.0. The molecule has 0 saturated carbocycles. The van der Waals surface area contributed by atoms with E-state index in [2.05, 4.69) is 4.98 Å². The van der Waals surface area contributed by atoms with Crippen LogP contribution in [0.25, 0.3) is 11.0 Å². The van der Waals surface area contributed by atoms with Crippen LogP contribution in [-0.4, -0.2) is 20.8 Å². The van der Waals surface area contributed by atoms with E-state index in [0.29, 0.717) is 6.54 Å². The number of hydrogen-bond acceptors (Lipinski definition) is 3. The summed E-state index contributed by atoms with van der Waals surface area (Å²) in [6, 6.07) is 7.61. The first-order chi connectivity index (χ1) is 8.72. The van der Waals surface area contributed by atoms with Crippen molar-refractivity contribution in [3.8, 4) is 0 Å². The predicted molar refractivity (Wildman–Crippen MR) is 71.5 cm³/mol. The molecule has 2 aromatic rings. The monoisotopic (exact) mass is 246 g/mol. The first kappa shape index (κ1) is 12.8. The molecule has 1 aromatic carbocycles. The highest BCUT2D eigenvalue weighted by atomic mass is 16.3. The van der Waals surface area contributed by atoms with Gasteiger partial charge in [0.15, 0.2) is 0 Å². The van der Waals surface area contributed by atoms with E-state index >= 15 is 0 Å². The molecule has 1 aromatic heterocycles. The smallest absolute Gasteiger partial charge is 0.269 e. The van der Waals surface area contributed by atoms with E-state index in [1.807, 2.05) is 31.2 Å². The van der Waals surface area contributed by atoms with Gasteiger partial charge in [-0.2, -0.15) is 0 Å². The van der Waals surface area contributed by atoms with Crippen molar-refractivity contribution >= 4 is 11.0 Å². The van der Waals surface area contributed by atoms with Crippen molar-refractivity contribution < 1.29 is 5.11 Å². The molecule has 0 aliphatic rings. The number of para-hydroxylation sites is 2. The summed E-state index contributed by atoms with van der Waals surface area (Å²) in [7, 11) is 0. The molecule has 0 aliphatic heterocycles. The van der Waals surface area contributed by atoms with Crippen LogP contribution in [0.4, 0.5) is 0 Å². The molecule has 1 heterocycles. The number of benzene rings is 1. The normalized spacial score (nSPS) is 12.8. The first-order valence-corrected chi connectivity index (χ1v) is 6.35. The molecule has 96 valence electrons. The van der Waals surface area contributed by atoms with E-state index in [0.717, 1.165) is 30.3 Å². The lowest BCUT2D eigenvalue weighted by Crippen LogP contribution is -2.21. The van der Waals surface area contributed by atoms with Crippen LogP contribution in [0.15, 0.2) is 35.3 Å². The Labute approximate surface area is 106 Å². The summed E-state index contributed by atoms with van der Waals surface area (Å²) >= 11 is 0. The molecule has 4 heteroatoms. The van der Waals surface area contributed by atoms with Gasteiger partial charge in [0.2, 0.25) is 0 Å². The van der Waals surface area contributed by atoms with Gasteiger partial charge in [0.05, 0.1) is 23.3 Å². The molecule has 0 fully saturated rings. The first-order valence-electron chi connectivity index (χ1n) is 6.35. The van der Waals surface area contributed by atoms with E-state index in [1.54, 1.807) is 4.57 Å². The molecule has 0 amide bonds. The van der Waals surface area contributed by atoms with Crippen molar-refractivity contribution in [1.29, 1.82) is 0 Å². The van der Waals surface area contributed by atoms with Crippen molar-refractivity contribution in [1.82, 2.24) is 9.55 Å². The number of nitrogens with zero attached hydrogens (tertiary/aromatic N) is 2. The minimum atomic E-state index is -0.270. The Hall–Kier alpha value is -1.68. The van der Waals surface area contributed by atoms with E-state index in [4.69, 9.17) is 0 Å². The number of rotatable bonds is 5. The summed E-state index contributed by atoms with van der Waals surface area (Å²) in [5.41, 5.74) is 1.60. The van der Waals surface area contributed by atoms with Gasteiger partial charge in [-0.3, -0.25) is 4.79 Å². The van der Waals surface area contributed by atoms with Crippen molar-refractivity contribution in [3.05, 3.63) is 40.8 Å². The maximum atomic E-state index is 11.8. The molecular formula is C14H18N2O2. The Bertz CT molecular complexity index is 577. The average Bonchev–Trinajstić information content (AvgIpc) is 2.41.